The van der Waals surface area contributed by atoms with Gasteiger partial charge in [0, 0.05) is 0 Å². The molecule has 0 fully saturated rings. The molecule has 1 aromatic heterocycles. The maximum absolute atomic E-state index is 11.4. The zero-order valence-electron chi connectivity index (χ0n) is 6.66. The zero-order valence-corrected chi connectivity index (χ0v) is 8.24. The van der Waals surface area contributed by atoms with Crippen molar-refractivity contribution in [2.45, 2.75) is 5.33 Å². The van der Waals surface area contributed by atoms with Crippen LogP contribution in [0.5, 0.6) is 0 Å². The van der Waals surface area contributed by atoms with E-state index >= 15 is 0 Å². The van der Waals surface area contributed by atoms with Crippen molar-refractivity contribution < 1.29 is 4.42 Å². The molecule has 13 heavy (non-hydrogen) atoms. The van der Waals surface area contributed by atoms with Crippen LogP contribution in [0, 0.1) is 0 Å². The molecule has 0 spiro atoms. The summed E-state index contributed by atoms with van der Waals surface area (Å²) in [7, 11) is 0. The fourth-order valence-corrected chi connectivity index (χ4v) is 1.35. The molecule has 0 radical (unpaired) electrons. The summed E-state index contributed by atoms with van der Waals surface area (Å²) >= 11 is 3.18. The van der Waals surface area contributed by atoms with Crippen molar-refractivity contribution in [3.63, 3.8) is 0 Å². The summed E-state index contributed by atoms with van der Waals surface area (Å²) < 4.78 is 5.33. The summed E-state index contributed by atoms with van der Waals surface area (Å²) in [4.78, 5) is 15.1. The lowest BCUT2D eigenvalue weighted by molar-refractivity contribution is 0.531. The van der Waals surface area contributed by atoms with E-state index in [0.717, 1.165) is 0 Å². The highest BCUT2D eigenvalue weighted by Gasteiger charge is 2.03. The van der Waals surface area contributed by atoms with Gasteiger partial charge in [-0.25, -0.2) is 0 Å². The van der Waals surface area contributed by atoms with E-state index in [1.165, 1.54) is 0 Å². The third-order valence-electron chi connectivity index (χ3n) is 1.69. The van der Waals surface area contributed by atoms with Crippen molar-refractivity contribution in [1.82, 2.24) is 4.98 Å². The number of hydrogen-bond donors (Lipinski definition) is 0. The summed E-state index contributed by atoms with van der Waals surface area (Å²) in [5.41, 5.74) is 0.341. The van der Waals surface area contributed by atoms with Gasteiger partial charge in [0.2, 0.25) is 5.89 Å². The van der Waals surface area contributed by atoms with Gasteiger partial charge < -0.3 is 4.42 Å². The summed E-state index contributed by atoms with van der Waals surface area (Å²) in [5, 5.41) is 0.972. The lowest BCUT2D eigenvalue weighted by Gasteiger charge is -1.96. The van der Waals surface area contributed by atoms with E-state index in [0.29, 0.717) is 22.2 Å². The molecule has 2 aromatic rings. The number of para-hydroxylation sites is 1. The Morgan fingerprint density at radius 2 is 2.15 bits per heavy atom. The van der Waals surface area contributed by atoms with Gasteiger partial charge in [-0.1, -0.05) is 28.1 Å². The number of halogens is 1. The number of rotatable bonds is 1. The number of hydrogen-bond acceptors (Lipinski definition) is 3. The summed E-state index contributed by atoms with van der Waals surface area (Å²) in [6.07, 6.45) is 0. The third-order valence-corrected chi connectivity index (χ3v) is 2.17. The Balaban J connectivity index is 2.85. The number of aromatic nitrogens is 1. The van der Waals surface area contributed by atoms with Crippen LogP contribution in [0.4, 0.5) is 0 Å². The number of alkyl halides is 1. The van der Waals surface area contributed by atoms with Crippen LogP contribution >= 0.6 is 15.9 Å². The standard InChI is InChI=1S/C9H6BrNO2/c10-5-8-11-9(12)6-3-1-2-4-7(6)13-8/h1-4H,5H2. The molecule has 0 aliphatic heterocycles. The molecule has 3 nitrogen and oxygen atoms in total. The van der Waals surface area contributed by atoms with Gasteiger partial charge in [-0.05, 0) is 12.1 Å². The van der Waals surface area contributed by atoms with E-state index in [4.69, 9.17) is 4.42 Å². The van der Waals surface area contributed by atoms with Crippen LogP contribution in [-0.4, -0.2) is 4.98 Å². The van der Waals surface area contributed by atoms with Crippen molar-refractivity contribution in [2.24, 2.45) is 0 Å². The number of fused-ring (bicyclic) bond motifs is 1. The second kappa shape index (κ2) is 3.30. The second-order valence-electron chi connectivity index (χ2n) is 2.54. The molecule has 0 aliphatic rings. The smallest absolute Gasteiger partial charge is 0.283 e. The van der Waals surface area contributed by atoms with Gasteiger partial charge in [-0.15, -0.1) is 0 Å². The molecule has 0 saturated heterocycles. The van der Waals surface area contributed by atoms with Crippen LogP contribution in [0.25, 0.3) is 11.0 Å². The molecule has 0 bridgehead atoms. The van der Waals surface area contributed by atoms with Crippen molar-refractivity contribution in [2.75, 3.05) is 0 Å². The Morgan fingerprint density at radius 1 is 1.38 bits per heavy atom. The van der Waals surface area contributed by atoms with E-state index in [9.17, 15) is 4.79 Å². The second-order valence-corrected chi connectivity index (χ2v) is 3.10. The molecule has 1 aromatic carbocycles. The van der Waals surface area contributed by atoms with E-state index in [-0.39, 0.29) is 5.56 Å². The fraction of sp³-hybridized carbons (Fsp3) is 0.111. The van der Waals surface area contributed by atoms with E-state index in [2.05, 4.69) is 20.9 Å². The highest BCUT2D eigenvalue weighted by molar-refractivity contribution is 9.08. The largest absolute Gasteiger partial charge is 0.441 e. The van der Waals surface area contributed by atoms with Crippen molar-refractivity contribution in [3.8, 4) is 0 Å². The molecule has 0 N–H and O–H groups in total. The molecule has 0 atom stereocenters. The van der Waals surface area contributed by atoms with E-state index < -0.39 is 0 Å². The van der Waals surface area contributed by atoms with E-state index in [1.807, 2.05) is 6.07 Å². The molecule has 4 heteroatoms. The molecule has 2 rings (SSSR count). The average Bonchev–Trinajstić information content (AvgIpc) is 2.18. The molecular weight excluding hydrogens is 234 g/mol. The van der Waals surface area contributed by atoms with Gasteiger partial charge >= 0.3 is 0 Å². The van der Waals surface area contributed by atoms with Crippen LogP contribution in [0.1, 0.15) is 5.89 Å². The lowest BCUT2D eigenvalue weighted by atomic mass is 10.2. The fourth-order valence-electron chi connectivity index (χ4n) is 1.11. The summed E-state index contributed by atoms with van der Waals surface area (Å²) in [6.45, 7) is 0. The Labute approximate surface area is 82.5 Å². The summed E-state index contributed by atoms with van der Waals surface area (Å²) in [6, 6.07) is 7.06. The predicted molar refractivity (Wildman–Crippen MR) is 52.9 cm³/mol. The Morgan fingerprint density at radius 3 is 2.92 bits per heavy atom. The van der Waals surface area contributed by atoms with Crippen LogP contribution in [0.15, 0.2) is 33.5 Å². The Bertz CT molecular complexity index is 492. The van der Waals surface area contributed by atoms with Gasteiger partial charge in [0.15, 0.2) is 0 Å². The molecule has 0 aliphatic carbocycles. The average molecular weight is 240 g/mol. The normalized spacial score (nSPS) is 10.5. The zero-order chi connectivity index (χ0) is 9.26. The first kappa shape index (κ1) is 8.44. The van der Waals surface area contributed by atoms with Gasteiger partial charge in [-0.3, -0.25) is 4.79 Å². The van der Waals surface area contributed by atoms with Gasteiger partial charge in [0.1, 0.15) is 5.58 Å². The Kier molecular flexibility index (Phi) is 2.14. The van der Waals surface area contributed by atoms with Crippen molar-refractivity contribution in [3.05, 3.63) is 40.5 Å². The van der Waals surface area contributed by atoms with Crippen LogP contribution in [0.3, 0.4) is 0 Å². The molecule has 0 amide bonds. The van der Waals surface area contributed by atoms with Crippen molar-refractivity contribution in [1.29, 1.82) is 0 Å². The minimum Gasteiger partial charge on any atom is -0.441 e. The van der Waals surface area contributed by atoms with E-state index in [1.54, 1.807) is 18.2 Å². The predicted octanol–water partition coefficient (Wildman–Crippen LogP) is 2.08. The molecule has 0 unspecified atom stereocenters. The lowest BCUT2D eigenvalue weighted by Crippen LogP contribution is -2.07. The van der Waals surface area contributed by atoms with Crippen LogP contribution in [-0.2, 0) is 5.33 Å². The van der Waals surface area contributed by atoms with Gasteiger partial charge in [0.25, 0.3) is 5.56 Å². The SMILES string of the molecule is O=c1nc(CBr)oc2ccccc12. The minimum atomic E-state index is -0.240. The highest BCUT2D eigenvalue weighted by Crippen LogP contribution is 2.10. The maximum atomic E-state index is 11.4. The monoisotopic (exact) mass is 239 g/mol. The molecule has 66 valence electrons. The van der Waals surface area contributed by atoms with Gasteiger partial charge in [-0.2, -0.15) is 4.98 Å². The third kappa shape index (κ3) is 1.49. The minimum absolute atomic E-state index is 0.240. The topological polar surface area (TPSA) is 43.1 Å². The maximum Gasteiger partial charge on any atom is 0.283 e. The van der Waals surface area contributed by atoms with Crippen LogP contribution in [0.2, 0.25) is 0 Å². The van der Waals surface area contributed by atoms with Crippen LogP contribution < -0.4 is 5.56 Å². The summed E-state index contributed by atoms with van der Waals surface area (Å²) in [5.74, 6) is 0.406. The quantitative estimate of drug-likeness (QED) is 0.716. The molecular formula is C9H6BrNO2. The molecule has 1 heterocycles. The van der Waals surface area contributed by atoms with Crippen molar-refractivity contribution >= 4 is 26.9 Å². The first-order chi connectivity index (χ1) is 6.31. The number of benzene rings is 1. The first-order valence-electron chi connectivity index (χ1n) is 3.76. The highest BCUT2D eigenvalue weighted by atomic mass is 79.9. The number of nitrogens with zero attached hydrogens (tertiary/aromatic N) is 1. The molecule has 0 saturated carbocycles. The van der Waals surface area contributed by atoms with Gasteiger partial charge in [0.05, 0.1) is 10.7 Å². The Hall–Kier alpha value is -1.16. The first-order valence-corrected chi connectivity index (χ1v) is 4.88.